The number of aryl methyl sites for hydroxylation is 1. The molecule has 0 radical (unpaired) electrons. The Morgan fingerprint density at radius 1 is 1.07 bits per heavy atom. The molecular formula is C21H25N3O3. The lowest BCUT2D eigenvalue weighted by Crippen LogP contribution is -2.45. The summed E-state index contributed by atoms with van der Waals surface area (Å²) in [5.41, 5.74) is 2.22. The molecule has 2 amide bonds. The normalized spacial score (nSPS) is 14.1. The first kappa shape index (κ1) is 19.0. The number of hydrogen-bond donors (Lipinski definition) is 1. The molecule has 1 aromatic carbocycles. The van der Waals surface area contributed by atoms with Gasteiger partial charge < -0.3 is 10.0 Å². The molecule has 6 heteroatoms. The lowest BCUT2D eigenvalue weighted by Gasteiger charge is -2.32. The van der Waals surface area contributed by atoms with Crippen molar-refractivity contribution in [3.63, 3.8) is 0 Å². The maximum absolute atomic E-state index is 13.2. The van der Waals surface area contributed by atoms with Crippen molar-refractivity contribution in [2.24, 2.45) is 0 Å². The Morgan fingerprint density at radius 2 is 1.78 bits per heavy atom. The topological polar surface area (TPSA) is 73.7 Å². The predicted molar refractivity (Wildman–Crippen MR) is 104 cm³/mol. The number of Topliss-reactive ketones (excluding diaryl/α,β-unsaturated/α-hetero) is 1. The van der Waals surface area contributed by atoms with Gasteiger partial charge in [0.15, 0.2) is 5.78 Å². The van der Waals surface area contributed by atoms with Crippen molar-refractivity contribution in [1.82, 2.24) is 9.88 Å². The van der Waals surface area contributed by atoms with E-state index in [1.54, 1.807) is 17.0 Å². The molecule has 3 rings (SSSR count). The summed E-state index contributed by atoms with van der Waals surface area (Å²) in [7, 11) is 0. The highest BCUT2D eigenvalue weighted by Crippen LogP contribution is 2.20. The summed E-state index contributed by atoms with van der Waals surface area (Å²) in [5.74, 6) is 0.309. The van der Waals surface area contributed by atoms with Crippen LogP contribution in [0.4, 0.5) is 10.6 Å². The average molecular weight is 367 g/mol. The van der Waals surface area contributed by atoms with Crippen LogP contribution in [0.3, 0.4) is 0 Å². The molecule has 1 aliphatic heterocycles. The highest BCUT2D eigenvalue weighted by molar-refractivity contribution is 5.97. The predicted octanol–water partition coefficient (Wildman–Crippen LogP) is 3.18. The highest BCUT2D eigenvalue weighted by Gasteiger charge is 2.25. The Kier molecular flexibility index (Phi) is 6.19. The standard InChI is InChI=1S/C21H25N3O3/c1-16-6-5-7-20(22-16)24(21(27)23-12-3-2-4-13-23)14-17-8-10-18(11-9-17)19(26)15-25/h5-11,25H,2-4,12-15H2,1H3. The monoisotopic (exact) mass is 367 g/mol. The van der Waals surface area contributed by atoms with Gasteiger partial charge in [0.1, 0.15) is 12.4 Å². The van der Waals surface area contributed by atoms with Crippen LogP contribution >= 0.6 is 0 Å². The van der Waals surface area contributed by atoms with Crippen molar-refractivity contribution in [1.29, 1.82) is 0 Å². The zero-order valence-corrected chi connectivity index (χ0v) is 15.6. The minimum atomic E-state index is -0.508. The van der Waals surface area contributed by atoms with Crippen molar-refractivity contribution in [3.8, 4) is 0 Å². The number of benzene rings is 1. The average Bonchev–Trinajstić information content (AvgIpc) is 2.72. The van der Waals surface area contributed by atoms with Gasteiger partial charge in [0.25, 0.3) is 0 Å². The number of carbonyl (C=O) groups excluding carboxylic acids is 2. The van der Waals surface area contributed by atoms with Crippen molar-refractivity contribution in [2.75, 3.05) is 24.6 Å². The zero-order valence-electron chi connectivity index (χ0n) is 15.6. The van der Waals surface area contributed by atoms with E-state index in [0.717, 1.165) is 43.6 Å². The maximum Gasteiger partial charge on any atom is 0.325 e. The number of nitrogens with zero attached hydrogens (tertiary/aromatic N) is 3. The van der Waals surface area contributed by atoms with Crippen molar-refractivity contribution in [2.45, 2.75) is 32.7 Å². The summed E-state index contributed by atoms with van der Waals surface area (Å²) in [6.07, 6.45) is 3.21. The molecule has 0 bridgehead atoms. The van der Waals surface area contributed by atoms with Crippen LogP contribution in [0.5, 0.6) is 0 Å². The molecule has 2 aromatic rings. The summed E-state index contributed by atoms with van der Waals surface area (Å²) in [6.45, 7) is 3.31. The van der Waals surface area contributed by atoms with Gasteiger partial charge in [-0.2, -0.15) is 0 Å². The number of aliphatic hydroxyl groups is 1. The molecule has 0 spiro atoms. The third-order valence-corrected chi connectivity index (χ3v) is 4.77. The summed E-state index contributed by atoms with van der Waals surface area (Å²) in [6, 6.07) is 12.6. The molecule has 0 saturated carbocycles. The number of aliphatic hydroxyl groups excluding tert-OH is 1. The molecular weight excluding hydrogens is 342 g/mol. The molecule has 6 nitrogen and oxygen atoms in total. The third-order valence-electron chi connectivity index (χ3n) is 4.77. The molecule has 1 saturated heterocycles. The Labute approximate surface area is 159 Å². The van der Waals surface area contributed by atoms with Crippen molar-refractivity contribution < 1.29 is 14.7 Å². The SMILES string of the molecule is Cc1cccc(N(Cc2ccc(C(=O)CO)cc2)C(=O)N2CCCCC2)n1. The Balaban J connectivity index is 1.85. The van der Waals surface area contributed by atoms with Gasteiger partial charge in [-0.1, -0.05) is 30.3 Å². The minimum absolute atomic E-state index is 0.0386. The lowest BCUT2D eigenvalue weighted by atomic mass is 10.1. The number of pyridine rings is 1. The van der Waals surface area contributed by atoms with Gasteiger partial charge >= 0.3 is 6.03 Å². The van der Waals surface area contributed by atoms with E-state index >= 15 is 0 Å². The number of ketones is 1. The van der Waals surface area contributed by atoms with E-state index in [9.17, 15) is 9.59 Å². The largest absolute Gasteiger partial charge is 0.388 e. The number of amides is 2. The molecule has 0 aliphatic carbocycles. The molecule has 1 aromatic heterocycles. The van der Waals surface area contributed by atoms with Gasteiger partial charge in [-0.3, -0.25) is 9.69 Å². The van der Waals surface area contributed by atoms with E-state index in [1.807, 2.05) is 42.2 Å². The van der Waals surface area contributed by atoms with Crippen LogP contribution in [0.25, 0.3) is 0 Å². The fourth-order valence-electron chi connectivity index (χ4n) is 3.25. The Bertz CT molecular complexity index is 799. The molecule has 27 heavy (non-hydrogen) atoms. The number of piperidine rings is 1. The molecule has 0 atom stereocenters. The number of aromatic nitrogens is 1. The number of urea groups is 1. The smallest absolute Gasteiger partial charge is 0.325 e. The second-order valence-electron chi connectivity index (χ2n) is 6.83. The van der Waals surface area contributed by atoms with E-state index in [4.69, 9.17) is 5.11 Å². The van der Waals surface area contributed by atoms with E-state index < -0.39 is 6.61 Å². The molecule has 1 N–H and O–H groups in total. The van der Waals surface area contributed by atoms with Gasteiger partial charge in [-0.15, -0.1) is 0 Å². The second-order valence-corrected chi connectivity index (χ2v) is 6.83. The van der Waals surface area contributed by atoms with Crippen molar-refractivity contribution >= 4 is 17.6 Å². The van der Waals surface area contributed by atoms with E-state index in [0.29, 0.717) is 17.9 Å². The fourth-order valence-corrected chi connectivity index (χ4v) is 3.25. The number of carbonyl (C=O) groups is 2. The first-order valence-electron chi connectivity index (χ1n) is 9.31. The number of likely N-dealkylation sites (tertiary alicyclic amines) is 1. The van der Waals surface area contributed by atoms with Crippen LogP contribution in [-0.2, 0) is 6.54 Å². The van der Waals surface area contributed by atoms with Crippen LogP contribution < -0.4 is 4.90 Å². The van der Waals surface area contributed by atoms with Gasteiger partial charge in [-0.25, -0.2) is 9.78 Å². The van der Waals surface area contributed by atoms with Crippen LogP contribution in [0.1, 0.15) is 40.9 Å². The Hall–Kier alpha value is -2.73. The van der Waals surface area contributed by atoms with E-state index in [1.165, 1.54) is 0 Å². The summed E-state index contributed by atoms with van der Waals surface area (Å²) in [4.78, 5) is 32.9. The first-order valence-corrected chi connectivity index (χ1v) is 9.31. The van der Waals surface area contributed by atoms with E-state index in [2.05, 4.69) is 4.98 Å². The van der Waals surface area contributed by atoms with Gasteiger partial charge in [0, 0.05) is 24.3 Å². The van der Waals surface area contributed by atoms with Gasteiger partial charge in [0.2, 0.25) is 0 Å². The maximum atomic E-state index is 13.2. The number of rotatable bonds is 5. The Morgan fingerprint density at radius 3 is 2.41 bits per heavy atom. The number of hydrogen-bond acceptors (Lipinski definition) is 4. The minimum Gasteiger partial charge on any atom is -0.388 e. The second kappa shape index (κ2) is 8.77. The molecule has 142 valence electrons. The van der Waals surface area contributed by atoms with Crippen LogP contribution in [-0.4, -0.2) is 46.5 Å². The van der Waals surface area contributed by atoms with Crippen LogP contribution in [0.2, 0.25) is 0 Å². The first-order chi connectivity index (χ1) is 13.1. The highest BCUT2D eigenvalue weighted by atomic mass is 16.3. The third kappa shape index (κ3) is 4.71. The summed E-state index contributed by atoms with van der Waals surface area (Å²) in [5, 5.41) is 8.98. The van der Waals surface area contributed by atoms with Gasteiger partial charge in [-0.05, 0) is 43.9 Å². The van der Waals surface area contributed by atoms with E-state index in [-0.39, 0.29) is 11.8 Å². The van der Waals surface area contributed by atoms with Crippen LogP contribution in [0.15, 0.2) is 42.5 Å². The fraction of sp³-hybridized carbons (Fsp3) is 0.381. The van der Waals surface area contributed by atoms with Gasteiger partial charge in [0.05, 0.1) is 6.54 Å². The summed E-state index contributed by atoms with van der Waals surface area (Å²) < 4.78 is 0. The zero-order chi connectivity index (χ0) is 19.2. The summed E-state index contributed by atoms with van der Waals surface area (Å²) >= 11 is 0. The molecule has 0 unspecified atom stereocenters. The van der Waals surface area contributed by atoms with Crippen LogP contribution in [0, 0.1) is 6.92 Å². The molecule has 1 fully saturated rings. The molecule has 2 heterocycles. The number of anilines is 1. The molecule has 1 aliphatic rings. The quantitative estimate of drug-likeness (QED) is 0.824. The van der Waals surface area contributed by atoms with Crippen molar-refractivity contribution in [3.05, 3.63) is 59.3 Å². The lowest BCUT2D eigenvalue weighted by molar-refractivity contribution is 0.0903.